The van der Waals surface area contributed by atoms with Gasteiger partial charge in [-0.1, -0.05) is 18.2 Å². The van der Waals surface area contributed by atoms with Crippen molar-refractivity contribution in [1.29, 1.82) is 0 Å². The maximum absolute atomic E-state index is 13.7. The number of likely N-dealkylation sites (N-methyl/N-ethyl adjacent to an activating group) is 1. The van der Waals surface area contributed by atoms with E-state index in [1.165, 1.54) is 0 Å². The fraction of sp³-hybridized carbons (Fsp3) is 0.469. The summed E-state index contributed by atoms with van der Waals surface area (Å²) < 4.78 is 23.2. The molecule has 0 aliphatic carbocycles. The van der Waals surface area contributed by atoms with Crippen LogP contribution in [0.3, 0.4) is 0 Å². The van der Waals surface area contributed by atoms with Crippen LogP contribution in [0.4, 0.5) is 15.4 Å². The van der Waals surface area contributed by atoms with Crippen LogP contribution in [0.5, 0.6) is 0 Å². The lowest BCUT2D eigenvalue weighted by atomic mass is 9.83. The highest BCUT2D eigenvalue weighted by atomic mass is 16.6. The topological polar surface area (TPSA) is 148 Å². The molecule has 0 unspecified atom stereocenters. The van der Waals surface area contributed by atoms with Crippen LogP contribution in [-0.2, 0) is 35.8 Å². The minimum absolute atomic E-state index is 0.209. The summed E-state index contributed by atoms with van der Waals surface area (Å²) in [6.45, 7) is 4.68. The molecule has 4 aliphatic rings. The summed E-state index contributed by atoms with van der Waals surface area (Å²) in [5, 5.41) is 10.7. The van der Waals surface area contributed by atoms with Crippen LogP contribution >= 0.6 is 0 Å². The molecule has 6 heterocycles. The van der Waals surface area contributed by atoms with E-state index in [1.54, 1.807) is 29.2 Å². The molecule has 1 fully saturated rings. The number of pyridine rings is 1. The van der Waals surface area contributed by atoms with E-state index in [-0.39, 0.29) is 25.4 Å². The summed E-state index contributed by atoms with van der Waals surface area (Å²) in [6.07, 6.45) is 6.57. The molecule has 1 aromatic carbocycles. The van der Waals surface area contributed by atoms with Gasteiger partial charge in [-0.3, -0.25) is 15.2 Å². The number of H-pyrrole nitrogens is 1. The highest BCUT2D eigenvalue weighted by molar-refractivity contribution is 5.88. The number of amides is 3. The monoisotopic (exact) mass is 618 g/mol. The molecular formula is C32H38N6O7. The Morgan fingerprint density at radius 1 is 1.02 bits per heavy atom. The third-order valence-electron chi connectivity index (χ3n) is 8.54. The molecule has 1 spiro atoms. The summed E-state index contributed by atoms with van der Waals surface area (Å²) in [5.74, 6) is 0.153. The zero-order valence-corrected chi connectivity index (χ0v) is 25.5. The van der Waals surface area contributed by atoms with Gasteiger partial charge in [-0.05, 0) is 42.2 Å². The number of nitrogens with zero attached hydrogens (tertiary/aromatic N) is 4. The van der Waals surface area contributed by atoms with Gasteiger partial charge < -0.3 is 28.7 Å². The maximum Gasteiger partial charge on any atom is 0.413 e. The Morgan fingerprint density at radius 3 is 2.69 bits per heavy atom. The highest BCUT2D eigenvalue weighted by Gasteiger charge is 2.46. The van der Waals surface area contributed by atoms with Gasteiger partial charge in [0.15, 0.2) is 6.10 Å². The van der Waals surface area contributed by atoms with Gasteiger partial charge in [0.2, 0.25) is 0 Å². The molecule has 4 bridgehead atoms. The van der Waals surface area contributed by atoms with E-state index in [0.29, 0.717) is 58.1 Å². The average Bonchev–Trinajstić information content (AvgIpc) is 3.51. The van der Waals surface area contributed by atoms with Crippen LogP contribution in [0.15, 0.2) is 36.7 Å². The Hall–Kier alpha value is -4.49. The van der Waals surface area contributed by atoms with E-state index in [9.17, 15) is 14.4 Å². The smallest absolute Gasteiger partial charge is 0.413 e. The number of aryl methyl sites for hydroxylation is 1. The number of hydrogen-bond donors (Lipinski definition) is 2. The quantitative estimate of drug-likeness (QED) is 0.438. The van der Waals surface area contributed by atoms with Crippen LogP contribution < -0.4 is 5.32 Å². The molecule has 2 N–H and O–H groups in total. The number of anilines is 1. The Kier molecular flexibility index (Phi) is 8.99. The molecule has 3 aromatic rings. The molecule has 2 aromatic heterocycles. The minimum Gasteiger partial charge on any atom is -0.437 e. The molecule has 4 aliphatic heterocycles. The zero-order chi connectivity index (χ0) is 31.4. The molecule has 13 heteroatoms. The fourth-order valence-corrected chi connectivity index (χ4v) is 6.13. The van der Waals surface area contributed by atoms with E-state index in [0.717, 1.165) is 33.2 Å². The van der Waals surface area contributed by atoms with Gasteiger partial charge in [-0.15, -0.1) is 0 Å². The van der Waals surface area contributed by atoms with Crippen LogP contribution in [0.1, 0.15) is 41.5 Å². The molecule has 1 atom stereocenters. The van der Waals surface area contributed by atoms with E-state index < -0.39 is 23.9 Å². The first-order valence-corrected chi connectivity index (χ1v) is 15.3. The molecule has 0 radical (unpaired) electrons. The van der Waals surface area contributed by atoms with E-state index >= 15 is 0 Å². The van der Waals surface area contributed by atoms with Gasteiger partial charge in [-0.2, -0.15) is 5.10 Å². The summed E-state index contributed by atoms with van der Waals surface area (Å²) in [7, 11) is 1.71. The van der Waals surface area contributed by atoms with Gasteiger partial charge in [-0.25, -0.2) is 14.6 Å². The molecule has 45 heavy (non-hydrogen) atoms. The standard InChI is InChI=1S/C32H38N6O7/c1-21-15-23(16-24-20-34-36-27(21)24)18-26-29(39)37(2)8-4-12-43-14-13-42-11-3-5-22-17-25-28(33-19-22)35-30(40)45-32(25)6-9-38(10-7-32)31(41)44-26/h3,5,15-17,19-20,26H,4,6-14,18H2,1-2H3,(H,34,36)(H,33,35,40)/b5-3+/t26-/m1/s1. The van der Waals surface area contributed by atoms with E-state index in [2.05, 4.69) is 20.5 Å². The molecular weight excluding hydrogens is 580 g/mol. The zero-order valence-electron chi connectivity index (χ0n) is 25.5. The molecule has 3 amide bonds. The van der Waals surface area contributed by atoms with Gasteiger partial charge in [0.05, 0.1) is 31.5 Å². The molecule has 238 valence electrons. The van der Waals surface area contributed by atoms with Crippen molar-refractivity contribution in [1.82, 2.24) is 25.0 Å². The van der Waals surface area contributed by atoms with Gasteiger partial charge >= 0.3 is 12.2 Å². The number of benzene rings is 1. The van der Waals surface area contributed by atoms with Gasteiger partial charge in [0.25, 0.3) is 5.91 Å². The first-order valence-electron chi connectivity index (χ1n) is 15.3. The number of fused-ring (bicyclic) bond motifs is 16. The first kappa shape index (κ1) is 30.5. The highest BCUT2D eigenvalue weighted by Crippen LogP contribution is 2.43. The van der Waals surface area contributed by atoms with Gasteiger partial charge in [0, 0.05) is 69.7 Å². The largest absolute Gasteiger partial charge is 0.437 e. The maximum atomic E-state index is 13.7. The van der Waals surface area contributed by atoms with Crippen LogP contribution in [0, 0.1) is 6.92 Å². The Labute approximate surface area is 260 Å². The number of ether oxygens (including phenoxy) is 4. The SMILES string of the molecule is Cc1cc(C[C@H]2OC(=O)N3CCC4(CC3)OC(=O)Nc3ncc(cc34)/C=C/COCCOCCCN(C)C2=O)cc2cn[nH]c12. The third kappa shape index (κ3) is 6.79. The average molecular weight is 619 g/mol. The van der Waals surface area contributed by atoms with Crippen molar-refractivity contribution in [2.45, 2.75) is 44.3 Å². The normalized spacial score (nSPS) is 24.3. The number of aromatic amines is 1. The predicted octanol–water partition coefficient (Wildman–Crippen LogP) is 3.78. The fourth-order valence-electron chi connectivity index (χ4n) is 6.13. The summed E-state index contributed by atoms with van der Waals surface area (Å²) >= 11 is 0. The third-order valence-corrected chi connectivity index (χ3v) is 8.54. The second-order valence-electron chi connectivity index (χ2n) is 11.7. The van der Waals surface area contributed by atoms with Crippen LogP contribution in [0.25, 0.3) is 17.0 Å². The predicted molar refractivity (Wildman–Crippen MR) is 165 cm³/mol. The van der Waals surface area contributed by atoms with E-state index in [4.69, 9.17) is 18.9 Å². The molecule has 7 rings (SSSR count). The number of aromatic nitrogens is 3. The molecule has 0 saturated carbocycles. The van der Waals surface area contributed by atoms with Crippen molar-refractivity contribution in [2.24, 2.45) is 0 Å². The first-order chi connectivity index (χ1) is 21.8. The van der Waals surface area contributed by atoms with E-state index in [1.807, 2.05) is 37.3 Å². The van der Waals surface area contributed by atoms with Gasteiger partial charge in [0.1, 0.15) is 11.4 Å². The second kappa shape index (κ2) is 13.2. The van der Waals surface area contributed by atoms with Crippen molar-refractivity contribution in [3.05, 3.63) is 58.9 Å². The Balaban J connectivity index is 1.25. The van der Waals surface area contributed by atoms with Crippen LogP contribution in [-0.4, -0.2) is 102 Å². The van der Waals surface area contributed by atoms with Crippen molar-refractivity contribution in [3.63, 3.8) is 0 Å². The number of hydrogen-bond acceptors (Lipinski definition) is 9. The van der Waals surface area contributed by atoms with Crippen molar-refractivity contribution < 1.29 is 33.3 Å². The number of nitrogens with one attached hydrogen (secondary N) is 2. The lowest BCUT2D eigenvalue weighted by molar-refractivity contribution is -0.140. The summed E-state index contributed by atoms with van der Waals surface area (Å²) in [4.78, 5) is 47.4. The summed E-state index contributed by atoms with van der Waals surface area (Å²) in [5.41, 5.74) is 3.42. The molecule has 1 saturated heterocycles. The molecule has 13 nitrogen and oxygen atoms in total. The van der Waals surface area contributed by atoms with Crippen molar-refractivity contribution in [3.8, 4) is 0 Å². The number of rotatable bonds is 2. The summed E-state index contributed by atoms with van der Waals surface area (Å²) in [6, 6.07) is 5.88. The van der Waals surface area contributed by atoms with Crippen LogP contribution in [0.2, 0.25) is 0 Å². The number of carbonyl (C=O) groups is 3. The number of piperidine rings is 1. The lowest BCUT2D eigenvalue weighted by Crippen LogP contribution is -2.51. The Bertz CT molecular complexity index is 1600. The number of carbonyl (C=O) groups excluding carboxylic acids is 3. The minimum atomic E-state index is -1.04. The second-order valence-corrected chi connectivity index (χ2v) is 11.7. The van der Waals surface area contributed by atoms with Crippen molar-refractivity contribution >= 4 is 40.9 Å². The lowest BCUT2D eigenvalue weighted by Gasteiger charge is -2.43. The Morgan fingerprint density at radius 2 is 1.84 bits per heavy atom. The van der Waals surface area contributed by atoms with Crippen molar-refractivity contribution in [2.75, 3.05) is 58.4 Å².